The standard InChI is InChI=1S/C8H14O4/c1-3-8(11)12-5-6(2)4-7(9)10/h6H,3-5H2,1-2H3,(H,9,10). The lowest BCUT2D eigenvalue weighted by Crippen LogP contribution is -2.14. The van der Waals surface area contributed by atoms with Gasteiger partial charge in [0.05, 0.1) is 13.0 Å². The van der Waals surface area contributed by atoms with E-state index in [0.29, 0.717) is 6.42 Å². The van der Waals surface area contributed by atoms with Crippen molar-refractivity contribution in [1.29, 1.82) is 0 Å². The molecular weight excluding hydrogens is 160 g/mol. The maximum absolute atomic E-state index is 10.6. The van der Waals surface area contributed by atoms with Gasteiger partial charge in [-0.3, -0.25) is 9.59 Å². The molecule has 12 heavy (non-hydrogen) atoms. The van der Waals surface area contributed by atoms with E-state index in [1.165, 1.54) is 0 Å². The number of carbonyl (C=O) groups is 2. The lowest BCUT2D eigenvalue weighted by molar-refractivity contribution is -0.147. The maximum Gasteiger partial charge on any atom is 0.305 e. The van der Waals surface area contributed by atoms with Crippen molar-refractivity contribution < 1.29 is 19.4 Å². The van der Waals surface area contributed by atoms with Crippen LogP contribution in [0.1, 0.15) is 26.7 Å². The van der Waals surface area contributed by atoms with Gasteiger partial charge in [-0.05, 0) is 0 Å². The van der Waals surface area contributed by atoms with Crippen molar-refractivity contribution in [3.8, 4) is 0 Å². The van der Waals surface area contributed by atoms with Crippen molar-refractivity contribution in [2.45, 2.75) is 26.7 Å². The van der Waals surface area contributed by atoms with Gasteiger partial charge in [0.15, 0.2) is 0 Å². The summed E-state index contributed by atoms with van der Waals surface area (Å²) in [6.07, 6.45) is 0.372. The third-order valence-corrected chi connectivity index (χ3v) is 1.34. The van der Waals surface area contributed by atoms with Gasteiger partial charge in [0.1, 0.15) is 0 Å². The van der Waals surface area contributed by atoms with Crippen molar-refractivity contribution in [2.75, 3.05) is 6.61 Å². The van der Waals surface area contributed by atoms with Gasteiger partial charge in [-0.2, -0.15) is 0 Å². The highest BCUT2D eigenvalue weighted by atomic mass is 16.5. The van der Waals surface area contributed by atoms with Crippen LogP contribution < -0.4 is 0 Å². The van der Waals surface area contributed by atoms with Gasteiger partial charge in [-0.25, -0.2) is 0 Å². The van der Waals surface area contributed by atoms with Crippen molar-refractivity contribution in [3.05, 3.63) is 0 Å². The van der Waals surface area contributed by atoms with Gasteiger partial charge in [0.2, 0.25) is 0 Å². The van der Waals surface area contributed by atoms with E-state index in [0.717, 1.165) is 0 Å². The highest BCUT2D eigenvalue weighted by Crippen LogP contribution is 2.02. The summed E-state index contributed by atoms with van der Waals surface area (Å²) in [4.78, 5) is 20.8. The molecule has 0 saturated carbocycles. The molecule has 0 aromatic carbocycles. The molecule has 0 bridgehead atoms. The molecule has 0 aliphatic carbocycles. The Morgan fingerprint density at radius 1 is 1.50 bits per heavy atom. The minimum Gasteiger partial charge on any atom is -0.481 e. The third kappa shape index (κ3) is 5.70. The lowest BCUT2D eigenvalue weighted by Gasteiger charge is -2.08. The zero-order valence-corrected chi connectivity index (χ0v) is 7.37. The number of hydrogen-bond acceptors (Lipinski definition) is 3. The van der Waals surface area contributed by atoms with E-state index in [4.69, 9.17) is 9.84 Å². The molecule has 0 fully saturated rings. The Kier molecular flexibility index (Phi) is 5.08. The molecule has 1 atom stereocenters. The van der Waals surface area contributed by atoms with E-state index in [9.17, 15) is 9.59 Å². The van der Waals surface area contributed by atoms with Crippen molar-refractivity contribution in [1.82, 2.24) is 0 Å². The van der Waals surface area contributed by atoms with Crippen LogP contribution in [0, 0.1) is 5.92 Å². The van der Waals surface area contributed by atoms with Crippen molar-refractivity contribution in [2.24, 2.45) is 5.92 Å². The van der Waals surface area contributed by atoms with Crippen LogP contribution in [0.3, 0.4) is 0 Å². The summed E-state index contributed by atoms with van der Waals surface area (Å²) < 4.78 is 4.75. The number of rotatable bonds is 5. The summed E-state index contributed by atoms with van der Waals surface area (Å²) in [5, 5.41) is 8.37. The van der Waals surface area contributed by atoms with Crippen molar-refractivity contribution in [3.63, 3.8) is 0 Å². The fraction of sp³-hybridized carbons (Fsp3) is 0.750. The summed E-state index contributed by atoms with van der Waals surface area (Å²) in [6.45, 7) is 3.63. The summed E-state index contributed by atoms with van der Waals surface area (Å²) in [5.74, 6) is -1.26. The molecule has 0 aliphatic heterocycles. The van der Waals surface area contributed by atoms with E-state index in [-0.39, 0.29) is 24.9 Å². The summed E-state index contributed by atoms with van der Waals surface area (Å²) in [7, 11) is 0. The van der Waals surface area contributed by atoms with Crippen LogP contribution in [-0.4, -0.2) is 23.7 Å². The van der Waals surface area contributed by atoms with Crippen LogP contribution in [0.4, 0.5) is 0 Å². The van der Waals surface area contributed by atoms with Gasteiger partial charge < -0.3 is 9.84 Å². The zero-order valence-electron chi connectivity index (χ0n) is 7.37. The number of carbonyl (C=O) groups excluding carboxylic acids is 1. The normalized spacial score (nSPS) is 12.2. The number of esters is 1. The summed E-state index contributed by atoms with van der Waals surface area (Å²) in [5.41, 5.74) is 0. The molecule has 0 rings (SSSR count). The van der Waals surface area contributed by atoms with Crippen LogP contribution in [-0.2, 0) is 14.3 Å². The highest BCUT2D eigenvalue weighted by molar-refractivity contribution is 5.69. The Morgan fingerprint density at radius 3 is 2.50 bits per heavy atom. The number of aliphatic carboxylic acids is 1. The minimum absolute atomic E-state index is 0.0387. The van der Waals surface area contributed by atoms with Crippen LogP contribution in [0.25, 0.3) is 0 Å². The zero-order chi connectivity index (χ0) is 9.56. The Morgan fingerprint density at radius 2 is 2.08 bits per heavy atom. The largest absolute Gasteiger partial charge is 0.481 e. The number of carboxylic acid groups (broad SMARTS) is 1. The number of ether oxygens (including phenoxy) is 1. The fourth-order valence-electron chi connectivity index (χ4n) is 0.694. The Balaban J connectivity index is 3.50. The molecule has 0 aromatic heterocycles. The molecular formula is C8H14O4. The van der Waals surface area contributed by atoms with E-state index < -0.39 is 5.97 Å². The van der Waals surface area contributed by atoms with E-state index in [2.05, 4.69) is 0 Å². The first-order chi connectivity index (χ1) is 5.56. The smallest absolute Gasteiger partial charge is 0.305 e. The van der Waals surface area contributed by atoms with E-state index in [1.54, 1.807) is 13.8 Å². The Bertz CT molecular complexity index is 164. The molecule has 0 saturated heterocycles. The first-order valence-electron chi connectivity index (χ1n) is 3.93. The van der Waals surface area contributed by atoms with E-state index >= 15 is 0 Å². The van der Waals surface area contributed by atoms with Crippen LogP contribution in [0.5, 0.6) is 0 Å². The van der Waals surface area contributed by atoms with Crippen LogP contribution >= 0.6 is 0 Å². The fourth-order valence-corrected chi connectivity index (χ4v) is 0.694. The predicted octanol–water partition coefficient (Wildman–Crippen LogP) is 1.05. The molecule has 1 unspecified atom stereocenters. The number of carboxylic acids is 1. The number of hydrogen-bond donors (Lipinski definition) is 1. The third-order valence-electron chi connectivity index (χ3n) is 1.34. The monoisotopic (exact) mass is 174 g/mol. The minimum atomic E-state index is -0.866. The summed E-state index contributed by atoms with van der Waals surface area (Å²) >= 11 is 0. The molecule has 70 valence electrons. The average molecular weight is 174 g/mol. The Labute approximate surface area is 71.5 Å². The highest BCUT2D eigenvalue weighted by Gasteiger charge is 2.09. The van der Waals surface area contributed by atoms with Crippen LogP contribution in [0.15, 0.2) is 0 Å². The van der Waals surface area contributed by atoms with Gasteiger partial charge >= 0.3 is 11.9 Å². The van der Waals surface area contributed by atoms with Gasteiger partial charge in [-0.1, -0.05) is 13.8 Å². The first-order valence-corrected chi connectivity index (χ1v) is 3.93. The molecule has 0 radical (unpaired) electrons. The average Bonchev–Trinajstić information content (AvgIpc) is 1.99. The second kappa shape index (κ2) is 5.57. The second-order valence-corrected chi connectivity index (χ2v) is 2.74. The second-order valence-electron chi connectivity index (χ2n) is 2.74. The molecule has 0 aliphatic rings. The maximum atomic E-state index is 10.6. The molecule has 0 spiro atoms. The molecule has 0 heterocycles. The topological polar surface area (TPSA) is 63.6 Å². The lowest BCUT2D eigenvalue weighted by atomic mass is 10.1. The van der Waals surface area contributed by atoms with E-state index in [1.807, 2.05) is 0 Å². The molecule has 1 N–H and O–H groups in total. The SMILES string of the molecule is CCC(=O)OCC(C)CC(=O)O. The quantitative estimate of drug-likeness (QED) is 0.633. The van der Waals surface area contributed by atoms with Gasteiger partial charge in [0.25, 0.3) is 0 Å². The molecule has 4 heteroatoms. The van der Waals surface area contributed by atoms with Crippen LogP contribution in [0.2, 0.25) is 0 Å². The molecule has 4 nitrogen and oxygen atoms in total. The molecule has 0 aromatic rings. The predicted molar refractivity (Wildman–Crippen MR) is 42.7 cm³/mol. The van der Waals surface area contributed by atoms with Gasteiger partial charge in [0, 0.05) is 12.3 Å². The first kappa shape index (κ1) is 10.9. The Hall–Kier alpha value is -1.06. The van der Waals surface area contributed by atoms with Gasteiger partial charge in [-0.15, -0.1) is 0 Å². The summed E-state index contributed by atoms with van der Waals surface area (Å²) in [6, 6.07) is 0. The molecule has 0 amide bonds. The van der Waals surface area contributed by atoms with Crippen molar-refractivity contribution >= 4 is 11.9 Å².